The number of ether oxygens (including phenoxy) is 1. The van der Waals surface area contributed by atoms with Gasteiger partial charge in [0.05, 0.1) is 29.8 Å². The Morgan fingerprint density at radius 2 is 2.38 bits per heavy atom. The van der Waals surface area contributed by atoms with Crippen LogP contribution in [0.4, 0.5) is 11.4 Å². The molecule has 0 saturated carbocycles. The zero-order valence-electron chi connectivity index (χ0n) is 11.2. The van der Waals surface area contributed by atoms with E-state index in [1.54, 1.807) is 0 Å². The SMILES string of the molecule is NNc1c(C(=O)N2CCOC(CO)C2)cccc1[N+](=O)[O-]. The molecule has 114 valence electrons. The number of nitrogens with two attached hydrogens (primary N) is 1. The fraction of sp³-hybridized carbons (Fsp3) is 0.417. The van der Waals surface area contributed by atoms with E-state index in [0.29, 0.717) is 13.2 Å². The van der Waals surface area contributed by atoms with Gasteiger partial charge in [0.2, 0.25) is 0 Å². The van der Waals surface area contributed by atoms with Crippen LogP contribution in [-0.2, 0) is 4.74 Å². The number of nitro benzene ring substituents is 1. The molecule has 0 aromatic heterocycles. The van der Waals surface area contributed by atoms with Gasteiger partial charge in [0.25, 0.3) is 11.6 Å². The second kappa shape index (κ2) is 6.48. The number of aliphatic hydroxyl groups excluding tert-OH is 1. The fourth-order valence-electron chi connectivity index (χ4n) is 2.21. The molecule has 0 bridgehead atoms. The zero-order chi connectivity index (χ0) is 15.4. The standard InChI is InChI=1S/C12H16N4O5/c13-14-11-9(2-1-3-10(11)16(19)20)12(18)15-4-5-21-8(6-15)7-17/h1-3,8,14,17H,4-7,13H2. The molecule has 1 fully saturated rings. The van der Waals surface area contributed by atoms with Crippen molar-refractivity contribution in [3.8, 4) is 0 Å². The number of nitro groups is 1. The summed E-state index contributed by atoms with van der Waals surface area (Å²) in [6.45, 7) is 0.683. The first-order valence-corrected chi connectivity index (χ1v) is 6.34. The van der Waals surface area contributed by atoms with Crippen LogP contribution in [0.25, 0.3) is 0 Å². The minimum Gasteiger partial charge on any atom is -0.394 e. The topological polar surface area (TPSA) is 131 Å². The third kappa shape index (κ3) is 3.10. The number of nitrogens with one attached hydrogen (secondary N) is 1. The van der Waals surface area contributed by atoms with Gasteiger partial charge in [-0.15, -0.1) is 0 Å². The molecule has 1 atom stereocenters. The number of benzene rings is 1. The number of aliphatic hydroxyl groups is 1. The highest BCUT2D eigenvalue weighted by Crippen LogP contribution is 2.28. The molecule has 2 rings (SSSR count). The van der Waals surface area contributed by atoms with Gasteiger partial charge in [-0.05, 0) is 6.07 Å². The lowest BCUT2D eigenvalue weighted by molar-refractivity contribution is -0.384. The highest BCUT2D eigenvalue weighted by atomic mass is 16.6. The van der Waals surface area contributed by atoms with Crippen molar-refractivity contribution in [2.24, 2.45) is 5.84 Å². The van der Waals surface area contributed by atoms with Crippen LogP contribution in [0.15, 0.2) is 18.2 Å². The van der Waals surface area contributed by atoms with Gasteiger partial charge in [-0.1, -0.05) is 6.07 Å². The number of rotatable bonds is 4. The Hall–Kier alpha value is -2.23. The summed E-state index contributed by atoms with van der Waals surface area (Å²) in [5.74, 6) is 4.93. The van der Waals surface area contributed by atoms with Gasteiger partial charge in [-0.2, -0.15) is 0 Å². The van der Waals surface area contributed by atoms with Gasteiger partial charge in [-0.25, -0.2) is 0 Å². The minimum absolute atomic E-state index is 0.0282. The van der Waals surface area contributed by atoms with Crippen LogP contribution < -0.4 is 11.3 Å². The van der Waals surface area contributed by atoms with Crippen LogP contribution in [0.1, 0.15) is 10.4 Å². The summed E-state index contributed by atoms with van der Waals surface area (Å²) in [6.07, 6.45) is -0.448. The van der Waals surface area contributed by atoms with Crippen LogP contribution in [0.2, 0.25) is 0 Å². The Labute approximate surface area is 120 Å². The van der Waals surface area contributed by atoms with E-state index >= 15 is 0 Å². The maximum atomic E-state index is 12.5. The molecule has 1 aliphatic heterocycles. The summed E-state index contributed by atoms with van der Waals surface area (Å²) in [5.41, 5.74) is 2.04. The van der Waals surface area contributed by atoms with Crippen molar-refractivity contribution in [1.29, 1.82) is 0 Å². The largest absolute Gasteiger partial charge is 0.394 e. The number of carbonyl (C=O) groups is 1. The number of hydrogen-bond donors (Lipinski definition) is 3. The van der Waals surface area contributed by atoms with Crippen molar-refractivity contribution in [2.45, 2.75) is 6.10 Å². The normalized spacial score (nSPS) is 18.4. The predicted molar refractivity (Wildman–Crippen MR) is 73.6 cm³/mol. The van der Waals surface area contributed by atoms with Gasteiger partial charge < -0.3 is 20.2 Å². The summed E-state index contributed by atoms with van der Waals surface area (Å²) < 4.78 is 5.27. The Bertz CT molecular complexity index is 550. The lowest BCUT2D eigenvalue weighted by atomic mass is 10.1. The van der Waals surface area contributed by atoms with E-state index in [1.807, 2.05) is 0 Å². The van der Waals surface area contributed by atoms with Gasteiger partial charge in [0.1, 0.15) is 5.69 Å². The van der Waals surface area contributed by atoms with Crippen molar-refractivity contribution in [3.05, 3.63) is 33.9 Å². The molecule has 1 amide bonds. The van der Waals surface area contributed by atoms with Crippen molar-refractivity contribution >= 4 is 17.3 Å². The van der Waals surface area contributed by atoms with Gasteiger partial charge in [0.15, 0.2) is 0 Å². The van der Waals surface area contributed by atoms with Gasteiger partial charge in [-0.3, -0.25) is 20.8 Å². The molecule has 0 aliphatic carbocycles. The van der Waals surface area contributed by atoms with Crippen LogP contribution in [-0.4, -0.2) is 53.2 Å². The fourth-order valence-corrected chi connectivity index (χ4v) is 2.21. The van der Waals surface area contributed by atoms with E-state index in [2.05, 4.69) is 5.43 Å². The zero-order valence-corrected chi connectivity index (χ0v) is 11.2. The lowest BCUT2D eigenvalue weighted by Crippen LogP contribution is -2.47. The molecule has 1 unspecified atom stereocenters. The van der Waals surface area contributed by atoms with Crippen molar-refractivity contribution in [3.63, 3.8) is 0 Å². The molecule has 1 aromatic rings. The van der Waals surface area contributed by atoms with Crippen molar-refractivity contribution in [1.82, 2.24) is 4.90 Å². The maximum absolute atomic E-state index is 12.5. The van der Waals surface area contributed by atoms with E-state index < -0.39 is 16.9 Å². The smallest absolute Gasteiger partial charge is 0.294 e. The molecule has 1 heterocycles. The predicted octanol–water partition coefficient (Wildman–Crippen LogP) is -0.286. The molecular formula is C12H16N4O5. The quantitative estimate of drug-likeness (QED) is 0.395. The molecule has 0 spiro atoms. The number of anilines is 1. The number of carbonyl (C=O) groups excluding carboxylic acids is 1. The highest BCUT2D eigenvalue weighted by Gasteiger charge is 2.28. The number of nitrogens with zero attached hydrogens (tertiary/aromatic N) is 2. The Balaban J connectivity index is 2.30. The number of amides is 1. The lowest BCUT2D eigenvalue weighted by Gasteiger charge is -2.32. The molecular weight excluding hydrogens is 280 g/mol. The van der Waals surface area contributed by atoms with E-state index in [-0.39, 0.29) is 30.1 Å². The molecule has 9 heteroatoms. The number of hydrazine groups is 1. The summed E-state index contributed by atoms with van der Waals surface area (Å²) in [6, 6.07) is 4.16. The third-order valence-corrected chi connectivity index (χ3v) is 3.24. The van der Waals surface area contributed by atoms with E-state index in [0.717, 1.165) is 0 Å². The molecule has 1 aliphatic rings. The van der Waals surface area contributed by atoms with E-state index in [4.69, 9.17) is 15.7 Å². The van der Waals surface area contributed by atoms with Gasteiger partial charge >= 0.3 is 0 Å². The minimum atomic E-state index is -0.609. The second-order valence-corrected chi connectivity index (χ2v) is 4.53. The van der Waals surface area contributed by atoms with Crippen LogP contribution in [0, 0.1) is 10.1 Å². The number of nitrogen functional groups attached to an aromatic ring is 1. The molecule has 21 heavy (non-hydrogen) atoms. The van der Waals surface area contributed by atoms with Crippen LogP contribution in [0.3, 0.4) is 0 Å². The summed E-state index contributed by atoms with van der Waals surface area (Å²) in [5, 5.41) is 20.1. The highest BCUT2D eigenvalue weighted by molar-refractivity contribution is 6.01. The molecule has 4 N–H and O–H groups in total. The average molecular weight is 296 g/mol. The van der Waals surface area contributed by atoms with Crippen molar-refractivity contribution < 1.29 is 19.6 Å². The molecule has 1 saturated heterocycles. The number of morpholine rings is 1. The third-order valence-electron chi connectivity index (χ3n) is 3.24. The summed E-state index contributed by atoms with van der Waals surface area (Å²) in [7, 11) is 0. The summed E-state index contributed by atoms with van der Waals surface area (Å²) >= 11 is 0. The number of para-hydroxylation sites is 1. The van der Waals surface area contributed by atoms with E-state index in [9.17, 15) is 14.9 Å². The Morgan fingerprint density at radius 3 is 3.00 bits per heavy atom. The first-order chi connectivity index (χ1) is 10.1. The first kappa shape index (κ1) is 15.2. The Kier molecular flexibility index (Phi) is 4.68. The van der Waals surface area contributed by atoms with Gasteiger partial charge in [0, 0.05) is 19.2 Å². The first-order valence-electron chi connectivity index (χ1n) is 6.34. The average Bonchev–Trinajstić information content (AvgIpc) is 2.53. The van der Waals surface area contributed by atoms with Crippen LogP contribution in [0.5, 0.6) is 0 Å². The molecule has 1 aromatic carbocycles. The van der Waals surface area contributed by atoms with E-state index in [1.165, 1.54) is 23.1 Å². The second-order valence-electron chi connectivity index (χ2n) is 4.53. The maximum Gasteiger partial charge on any atom is 0.294 e. The summed E-state index contributed by atoms with van der Waals surface area (Å²) in [4.78, 5) is 24.3. The van der Waals surface area contributed by atoms with Crippen LogP contribution >= 0.6 is 0 Å². The Morgan fingerprint density at radius 1 is 1.62 bits per heavy atom. The monoisotopic (exact) mass is 296 g/mol. The van der Waals surface area contributed by atoms with Crippen molar-refractivity contribution in [2.75, 3.05) is 31.7 Å². The number of hydrogen-bond acceptors (Lipinski definition) is 7. The molecule has 0 radical (unpaired) electrons. The molecule has 9 nitrogen and oxygen atoms in total.